The first-order chi connectivity index (χ1) is 12.8. The topological polar surface area (TPSA) is 66.0 Å². The number of esters is 1. The van der Waals surface area contributed by atoms with Gasteiger partial charge in [-0.25, -0.2) is 0 Å². The minimum absolute atomic E-state index is 0.114. The van der Waals surface area contributed by atoms with E-state index in [1.807, 2.05) is 20.8 Å². The summed E-state index contributed by atoms with van der Waals surface area (Å²) in [6.45, 7) is 11.0. The number of carbonyl (C=O) groups excluding carboxylic acids is 1. The van der Waals surface area contributed by atoms with Gasteiger partial charge in [0, 0.05) is 32.7 Å². The molecule has 6 nitrogen and oxygen atoms in total. The Kier molecular flexibility index (Phi) is 7.66. The van der Waals surface area contributed by atoms with Crippen molar-refractivity contribution in [2.24, 2.45) is 4.99 Å². The number of benzene rings is 1. The van der Waals surface area contributed by atoms with Crippen molar-refractivity contribution < 1.29 is 9.53 Å². The number of likely N-dealkylation sites (tertiary alicyclic amines) is 1. The quantitative estimate of drug-likeness (QED) is 0.471. The van der Waals surface area contributed by atoms with Crippen LogP contribution in [0.4, 0.5) is 0 Å². The van der Waals surface area contributed by atoms with Gasteiger partial charge in [0.05, 0.1) is 0 Å². The van der Waals surface area contributed by atoms with E-state index in [2.05, 4.69) is 51.7 Å². The largest absolute Gasteiger partial charge is 0.459 e. The number of piperidine rings is 1. The predicted octanol–water partition coefficient (Wildman–Crippen LogP) is 2.47. The van der Waals surface area contributed by atoms with E-state index in [1.54, 1.807) is 7.05 Å². The molecule has 27 heavy (non-hydrogen) atoms. The summed E-state index contributed by atoms with van der Waals surface area (Å²) in [5, 5.41) is 6.47. The molecular formula is C21H34N4O2. The van der Waals surface area contributed by atoms with Crippen molar-refractivity contribution in [1.82, 2.24) is 15.5 Å². The van der Waals surface area contributed by atoms with E-state index in [9.17, 15) is 4.79 Å². The zero-order valence-electron chi connectivity index (χ0n) is 17.3. The number of rotatable bonds is 5. The van der Waals surface area contributed by atoms with Gasteiger partial charge in [0.1, 0.15) is 12.1 Å². The lowest BCUT2D eigenvalue weighted by Crippen LogP contribution is -2.49. The lowest BCUT2D eigenvalue weighted by molar-refractivity contribution is -0.153. The number of aliphatic imine (C=N–C) groups is 1. The first-order valence-electron chi connectivity index (χ1n) is 9.73. The summed E-state index contributed by atoms with van der Waals surface area (Å²) in [7, 11) is 1.72. The molecule has 0 saturated carbocycles. The molecule has 0 atom stereocenters. The van der Waals surface area contributed by atoms with E-state index in [0.29, 0.717) is 12.0 Å². The minimum Gasteiger partial charge on any atom is -0.459 e. The van der Waals surface area contributed by atoms with Crippen molar-refractivity contribution >= 4 is 11.9 Å². The normalized spacial score (nSPS) is 16.9. The zero-order chi connectivity index (χ0) is 19.9. The molecule has 0 aliphatic carbocycles. The number of guanidine groups is 1. The van der Waals surface area contributed by atoms with Gasteiger partial charge in [0.25, 0.3) is 0 Å². The second kappa shape index (κ2) is 9.74. The zero-order valence-corrected chi connectivity index (χ0v) is 17.3. The Labute approximate surface area is 163 Å². The molecule has 1 aliphatic heterocycles. The van der Waals surface area contributed by atoms with Gasteiger partial charge < -0.3 is 15.4 Å². The summed E-state index contributed by atoms with van der Waals surface area (Å²) in [4.78, 5) is 18.6. The molecule has 2 rings (SSSR count). The molecule has 150 valence electrons. The van der Waals surface area contributed by atoms with Gasteiger partial charge in [0.15, 0.2) is 5.96 Å². The summed E-state index contributed by atoms with van der Waals surface area (Å²) in [6.07, 6.45) is 2.11. The molecule has 6 heteroatoms. The molecule has 0 bridgehead atoms. The highest BCUT2D eigenvalue weighted by atomic mass is 16.6. The SMILES string of the molecule is CN=C(NCC(=O)OC(C)(C)C)NC1CCN(Cc2ccccc2C)CC1. The number of hydrogen-bond donors (Lipinski definition) is 2. The Morgan fingerprint density at radius 1 is 1.26 bits per heavy atom. The molecule has 1 fully saturated rings. The van der Waals surface area contributed by atoms with Crippen molar-refractivity contribution in [1.29, 1.82) is 0 Å². The third-order valence-corrected chi connectivity index (χ3v) is 4.63. The van der Waals surface area contributed by atoms with Gasteiger partial charge in [-0.15, -0.1) is 0 Å². The molecule has 1 saturated heterocycles. The molecule has 0 spiro atoms. The fourth-order valence-corrected chi connectivity index (χ4v) is 3.19. The number of nitrogens with one attached hydrogen (secondary N) is 2. The average Bonchev–Trinajstić information content (AvgIpc) is 2.60. The fourth-order valence-electron chi connectivity index (χ4n) is 3.19. The maximum absolute atomic E-state index is 11.8. The molecule has 2 N–H and O–H groups in total. The summed E-state index contributed by atoms with van der Waals surface area (Å²) >= 11 is 0. The first-order valence-corrected chi connectivity index (χ1v) is 9.73. The molecule has 1 aliphatic rings. The molecule has 1 aromatic carbocycles. The molecule has 1 aromatic rings. The Morgan fingerprint density at radius 2 is 1.93 bits per heavy atom. The van der Waals surface area contributed by atoms with Crippen LogP contribution in [0.25, 0.3) is 0 Å². The van der Waals surface area contributed by atoms with Crippen LogP contribution in [0.3, 0.4) is 0 Å². The standard InChI is InChI=1S/C21H34N4O2/c1-16-8-6-7-9-17(16)15-25-12-10-18(11-13-25)24-20(22-5)23-14-19(26)27-21(2,3)4/h6-9,18H,10-15H2,1-5H3,(H2,22,23,24). The molecule has 0 amide bonds. The number of carbonyl (C=O) groups is 1. The second-order valence-corrected chi connectivity index (χ2v) is 8.13. The van der Waals surface area contributed by atoms with Crippen molar-refractivity contribution in [2.45, 2.75) is 58.7 Å². The van der Waals surface area contributed by atoms with E-state index < -0.39 is 5.60 Å². The number of ether oxygens (including phenoxy) is 1. The van der Waals surface area contributed by atoms with Crippen LogP contribution in [0, 0.1) is 6.92 Å². The van der Waals surface area contributed by atoms with Crippen LogP contribution in [0.5, 0.6) is 0 Å². The van der Waals surface area contributed by atoms with E-state index in [-0.39, 0.29) is 12.5 Å². The second-order valence-electron chi connectivity index (χ2n) is 8.13. The molecule has 0 unspecified atom stereocenters. The van der Waals surface area contributed by atoms with Crippen LogP contribution in [0.15, 0.2) is 29.3 Å². The predicted molar refractivity (Wildman–Crippen MR) is 110 cm³/mol. The van der Waals surface area contributed by atoms with E-state index in [0.717, 1.165) is 32.5 Å². The van der Waals surface area contributed by atoms with E-state index in [1.165, 1.54) is 11.1 Å². The average molecular weight is 375 g/mol. The number of hydrogen-bond acceptors (Lipinski definition) is 4. The number of nitrogens with zero attached hydrogens (tertiary/aromatic N) is 2. The smallest absolute Gasteiger partial charge is 0.325 e. The van der Waals surface area contributed by atoms with Crippen LogP contribution in [-0.4, -0.2) is 55.2 Å². The summed E-state index contributed by atoms with van der Waals surface area (Å²) in [6, 6.07) is 8.94. The Balaban J connectivity index is 1.73. The summed E-state index contributed by atoms with van der Waals surface area (Å²) in [5.41, 5.74) is 2.28. The highest BCUT2D eigenvalue weighted by molar-refractivity contribution is 5.84. The third-order valence-electron chi connectivity index (χ3n) is 4.63. The first kappa shape index (κ1) is 21.2. The van der Waals surface area contributed by atoms with Crippen molar-refractivity contribution in [3.8, 4) is 0 Å². The minimum atomic E-state index is -0.473. The molecule has 0 radical (unpaired) electrons. The monoisotopic (exact) mass is 374 g/mol. The summed E-state index contributed by atoms with van der Waals surface area (Å²) in [5.74, 6) is 0.372. The maximum Gasteiger partial charge on any atom is 0.325 e. The van der Waals surface area contributed by atoms with Crippen LogP contribution >= 0.6 is 0 Å². The van der Waals surface area contributed by atoms with E-state index >= 15 is 0 Å². The van der Waals surface area contributed by atoms with Gasteiger partial charge in [-0.1, -0.05) is 24.3 Å². The van der Waals surface area contributed by atoms with Crippen LogP contribution in [0.1, 0.15) is 44.7 Å². The summed E-state index contributed by atoms with van der Waals surface area (Å²) < 4.78 is 5.31. The van der Waals surface area contributed by atoms with E-state index in [4.69, 9.17) is 4.74 Å². The number of aryl methyl sites for hydroxylation is 1. The van der Waals surface area contributed by atoms with Crippen LogP contribution in [-0.2, 0) is 16.1 Å². The highest BCUT2D eigenvalue weighted by Crippen LogP contribution is 2.16. The Morgan fingerprint density at radius 3 is 2.52 bits per heavy atom. The fraction of sp³-hybridized carbons (Fsp3) is 0.619. The third kappa shape index (κ3) is 7.59. The van der Waals surface area contributed by atoms with Gasteiger partial charge in [-0.2, -0.15) is 0 Å². The van der Waals surface area contributed by atoms with Crippen molar-refractivity contribution in [2.75, 3.05) is 26.7 Å². The Bertz CT molecular complexity index is 644. The molecular weight excluding hydrogens is 340 g/mol. The maximum atomic E-state index is 11.8. The highest BCUT2D eigenvalue weighted by Gasteiger charge is 2.21. The van der Waals surface area contributed by atoms with Crippen LogP contribution < -0.4 is 10.6 Å². The van der Waals surface area contributed by atoms with Gasteiger partial charge in [-0.3, -0.25) is 14.7 Å². The molecule has 1 heterocycles. The van der Waals surface area contributed by atoms with Gasteiger partial charge in [0.2, 0.25) is 0 Å². The lowest BCUT2D eigenvalue weighted by Gasteiger charge is -2.33. The molecule has 0 aromatic heterocycles. The lowest BCUT2D eigenvalue weighted by atomic mass is 10.0. The van der Waals surface area contributed by atoms with Crippen molar-refractivity contribution in [3.63, 3.8) is 0 Å². The Hall–Kier alpha value is -2.08. The van der Waals surface area contributed by atoms with Gasteiger partial charge in [-0.05, 0) is 51.7 Å². The van der Waals surface area contributed by atoms with Gasteiger partial charge >= 0.3 is 5.97 Å². The van der Waals surface area contributed by atoms with Crippen molar-refractivity contribution in [3.05, 3.63) is 35.4 Å². The van der Waals surface area contributed by atoms with Crippen LogP contribution in [0.2, 0.25) is 0 Å².